The van der Waals surface area contributed by atoms with Crippen molar-refractivity contribution in [1.29, 1.82) is 0 Å². The van der Waals surface area contributed by atoms with Crippen molar-refractivity contribution < 1.29 is 19.5 Å². The maximum Gasteiger partial charge on any atom is 0.326 e. The molecule has 0 aliphatic rings. The monoisotopic (exact) mass is 533 g/mol. The second-order valence-corrected chi connectivity index (χ2v) is 10.4. The smallest absolute Gasteiger partial charge is 0.326 e. The highest BCUT2D eigenvalue weighted by atomic mass is 35.5. The van der Waals surface area contributed by atoms with Gasteiger partial charge < -0.3 is 21.5 Å². The van der Waals surface area contributed by atoms with Crippen molar-refractivity contribution in [3.8, 4) is 0 Å². The number of nitrogens with two attached hydrogens (primary N) is 1. The summed E-state index contributed by atoms with van der Waals surface area (Å²) in [6.45, 7) is 6.87. The van der Waals surface area contributed by atoms with Crippen molar-refractivity contribution in [2.45, 2.75) is 148 Å². The quantitative estimate of drug-likeness (QED) is 0.105. The van der Waals surface area contributed by atoms with Crippen molar-refractivity contribution in [3.63, 3.8) is 0 Å². The fraction of sp³-hybridized carbons (Fsp3) is 0.893. The molecule has 0 aromatic heterocycles. The Balaban J connectivity index is 0. The molecule has 0 saturated heterocycles. The van der Waals surface area contributed by atoms with Crippen LogP contribution in [-0.4, -0.2) is 41.5 Å². The lowest BCUT2D eigenvalue weighted by Gasteiger charge is -2.24. The van der Waals surface area contributed by atoms with Crippen molar-refractivity contribution in [2.75, 3.05) is 6.54 Å². The van der Waals surface area contributed by atoms with E-state index in [4.69, 9.17) is 5.73 Å². The van der Waals surface area contributed by atoms with Crippen LogP contribution in [0.5, 0.6) is 0 Å². The van der Waals surface area contributed by atoms with Gasteiger partial charge in [0.25, 0.3) is 0 Å². The number of unbranched alkanes of at least 4 members (excludes halogenated alkanes) is 15. The van der Waals surface area contributed by atoms with Crippen molar-refractivity contribution in [3.05, 3.63) is 0 Å². The molecule has 214 valence electrons. The second kappa shape index (κ2) is 25.3. The summed E-state index contributed by atoms with van der Waals surface area (Å²) in [5, 5.41) is 15.1. The SMILES string of the molecule is CCCCCCCCCCCCCCCCCCN[C@@H](C(=O)N[C@@H](CCC(N)=O)C(=O)O)C(C)C.Cl. The molecule has 0 radical (unpaired) electrons. The summed E-state index contributed by atoms with van der Waals surface area (Å²) >= 11 is 0. The summed E-state index contributed by atoms with van der Waals surface area (Å²) < 4.78 is 0. The molecule has 0 bridgehead atoms. The Morgan fingerprint density at radius 2 is 1.17 bits per heavy atom. The fourth-order valence-electron chi connectivity index (χ4n) is 4.37. The summed E-state index contributed by atoms with van der Waals surface area (Å²) in [7, 11) is 0. The average Bonchev–Trinajstić information content (AvgIpc) is 2.80. The van der Waals surface area contributed by atoms with Gasteiger partial charge in [0.05, 0.1) is 6.04 Å². The van der Waals surface area contributed by atoms with Gasteiger partial charge in [-0.05, 0) is 25.3 Å². The number of rotatable bonds is 25. The predicted molar refractivity (Wildman–Crippen MR) is 151 cm³/mol. The van der Waals surface area contributed by atoms with Crippen LogP contribution in [0.2, 0.25) is 0 Å². The standard InChI is InChI=1S/C28H55N3O4.ClH/c1-4-5-6-7-8-9-10-11-12-13-14-15-16-17-18-19-22-30-26(23(2)3)27(33)31-24(28(34)35)20-21-25(29)32;/h23-24,26,30H,4-22H2,1-3H3,(H2,29,32)(H,31,33)(H,34,35);1H/t24-,26+;/m0./s1. The molecule has 0 heterocycles. The first-order valence-corrected chi connectivity index (χ1v) is 14.3. The first kappa shape index (κ1) is 36.8. The topological polar surface area (TPSA) is 122 Å². The van der Waals surface area contributed by atoms with E-state index in [0.717, 1.165) is 19.4 Å². The lowest BCUT2D eigenvalue weighted by molar-refractivity contribution is -0.142. The molecule has 5 N–H and O–H groups in total. The molecule has 2 atom stereocenters. The van der Waals surface area contributed by atoms with E-state index in [0.29, 0.717) is 0 Å². The minimum atomic E-state index is -1.15. The third-order valence-corrected chi connectivity index (χ3v) is 6.64. The Labute approximate surface area is 226 Å². The number of carboxylic acid groups (broad SMARTS) is 1. The molecule has 2 amide bonds. The van der Waals surface area contributed by atoms with Crippen LogP contribution < -0.4 is 16.4 Å². The van der Waals surface area contributed by atoms with Gasteiger partial charge in [-0.15, -0.1) is 12.4 Å². The third kappa shape index (κ3) is 21.9. The number of amides is 2. The van der Waals surface area contributed by atoms with E-state index < -0.39 is 24.0 Å². The zero-order chi connectivity index (χ0) is 26.3. The normalized spacial score (nSPS) is 12.7. The van der Waals surface area contributed by atoms with Crippen LogP contribution in [0.25, 0.3) is 0 Å². The number of aliphatic carboxylic acids is 1. The first-order valence-electron chi connectivity index (χ1n) is 14.3. The minimum Gasteiger partial charge on any atom is -0.480 e. The minimum absolute atomic E-state index is 0. The van der Waals surface area contributed by atoms with Gasteiger partial charge in [-0.25, -0.2) is 4.79 Å². The molecule has 0 fully saturated rings. The molecule has 0 unspecified atom stereocenters. The molecular weight excluding hydrogens is 478 g/mol. The van der Waals surface area contributed by atoms with Crippen LogP contribution in [-0.2, 0) is 14.4 Å². The molecular formula is C28H56ClN3O4. The maximum absolute atomic E-state index is 12.6. The Morgan fingerprint density at radius 3 is 1.53 bits per heavy atom. The van der Waals surface area contributed by atoms with Gasteiger partial charge in [0.1, 0.15) is 6.04 Å². The van der Waals surface area contributed by atoms with Crippen LogP contribution in [0.4, 0.5) is 0 Å². The Kier molecular flexibility index (Phi) is 25.9. The van der Waals surface area contributed by atoms with E-state index in [9.17, 15) is 19.5 Å². The molecule has 0 aliphatic carbocycles. The van der Waals surface area contributed by atoms with E-state index in [1.165, 1.54) is 89.9 Å². The van der Waals surface area contributed by atoms with Gasteiger partial charge in [0, 0.05) is 6.42 Å². The van der Waals surface area contributed by atoms with Crippen LogP contribution in [0, 0.1) is 5.92 Å². The molecule has 8 heteroatoms. The second-order valence-electron chi connectivity index (χ2n) is 10.4. The third-order valence-electron chi connectivity index (χ3n) is 6.64. The van der Waals surface area contributed by atoms with Crippen LogP contribution in [0.15, 0.2) is 0 Å². The number of halogens is 1. The number of hydrogen-bond acceptors (Lipinski definition) is 4. The Bertz CT molecular complexity index is 561. The predicted octanol–water partition coefficient (Wildman–Crippen LogP) is 6.12. The lowest BCUT2D eigenvalue weighted by Crippen LogP contribution is -2.52. The number of hydrogen-bond donors (Lipinski definition) is 4. The van der Waals surface area contributed by atoms with Crippen molar-refractivity contribution >= 4 is 30.2 Å². The number of nitrogens with one attached hydrogen (secondary N) is 2. The van der Waals surface area contributed by atoms with Crippen molar-refractivity contribution in [2.24, 2.45) is 11.7 Å². The van der Waals surface area contributed by atoms with Gasteiger partial charge in [-0.3, -0.25) is 9.59 Å². The molecule has 0 saturated carbocycles. The zero-order valence-corrected chi connectivity index (χ0v) is 24.1. The zero-order valence-electron chi connectivity index (χ0n) is 23.3. The van der Waals surface area contributed by atoms with Crippen LogP contribution in [0.3, 0.4) is 0 Å². The van der Waals surface area contributed by atoms with Crippen molar-refractivity contribution in [1.82, 2.24) is 10.6 Å². The van der Waals surface area contributed by atoms with Crippen LogP contribution >= 0.6 is 12.4 Å². The molecule has 0 aromatic carbocycles. The summed E-state index contributed by atoms with van der Waals surface area (Å²) in [4.78, 5) is 34.9. The fourth-order valence-corrected chi connectivity index (χ4v) is 4.37. The first-order chi connectivity index (χ1) is 16.8. The highest BCUT2D eigenvalue weighted by molar-refractivity contribution is 5.87. The summed E-state index contributed by atoms with van der Waals surface area (Å²) in [6.07, 6.45) is 21.1. The molecule has 0 aromatic rings. The highest BCUT2D eigenvalue weighted by Gasteiger charge is 2.27. The van der Waals surface area contributed by atoms with Crippen LogP contribution in [0.1, 0.15) is 136 Å². The van der Waals surface area contributed by atoms with E-state index >= 15 is 0 Å². The summed E-state index contributed by atoms with van der Waals surface area (Å²) in [5.41, 5.74) is 5.10. The van der Waals surface area contributed by atoms with Gasteiger partial charge >= 0.3 is 5.97 Å². The van der Waals surface area contributed by atoms with Gasteiger partial charge in [-0.2, -0.15) is 0 Å². The average molecular weight is 534 g/mol. The van der Waals surface area contributed by atoms with Gasteiger partial charge in [0.15, 0.2) is 0 Å². The highest BCUT2D eigenvalue weighted by Crippen LogP contribution is 2.14. The summed E-state index contributed by atoms with van der Waals surface area (Å²) in [5.74, 6) is -2.04. The molecule has 7 nitrogen and oxygen atoms in total. The summed E-state index contributed by atoms with van der Waals surface area (Å²) in [6, 6.07) is -1.56. The number of primary amides is 1. The molecule has 36 heavy (non-hydrogen) atoms. The van der Waals surface area contributed by atoms with Gasteiger partial charge in [-0.1, -0.05) is 117 Å². The molecule has 0 rings (SSSR count). The van der Waals surface area contributed by atoms with Gasteiger partial charge in [0.2, 0.25) is 11.8 Å². The molecule has 0 spiro atoms. The Morgan fingerprint density at radius 1 is 0.750 bits per heavy atom. The molecule has 0 aliphatic heterocycles. The lowest BCUT2D eigenvalue weighted by atomic mass is 10.0. The maximum atomic E-state index is 12.6. The Hall–Kier alpha value is -1.34. The van der Waals surface area contributed by atoms with E-state index in [-0.39, 0.29) is 37.1 Å². The van der Waals surface area contributed by atoms with E-state index in [2.05, 4.69) is 17.6 Å². The largest absolute Gasteiger partial charge is 0.480 e. The number of carbonyl (C=O) groups excluding carboxylic acids is 2. The number of carboxylic acids is 1. The van der Waals surface area contributed by atoms with E-state index in [1.54, 1.807) is 0 Å². The number of carbonyl (C=O) groups is 3. The van der Waals surface area contributed by atoms with E-state index in [1.807, 2.05) is 13.8 Å².